The number of aromatic amines is 1. The lowest BCUT2D eigenvalue weighted by molar-refractivity contribution is -0.384. The molecule has 0 aliphatic heterocycles. The van der Waals surface area contributed by atoms with E-state index in [0.717, 1.165) is 16.5 Å². The number of hydrogen-bond acceptors (Lipinski definition) is 3. The van der Waals surface area contributed by atoms with Crippen LogP contribution in [-0.2, 0) is 4.79 Å². The summed E-state index contributed by atoms with van der Waals surface area (Å²) >= 11 is 0. The van der Waals surface area contributed by atoms with Gasteiger partial charge in [-0.1, -0.05) is 18.2 Å². The van der Waals surface area contributed by atoms with Crippen molar-refractivity contribution in [1.29, 1.82) is 0 Å². The number of allylic oxidation sites excluding steroid dienone is 1. The number of rotatable bonds is 4. The first-order valence-corrected chi connectivity index (χ1v) is 7.09. The van der Waals surface area contributed by atoms with E-state index in [4.69, 9.17) is 0 Å². The van der Waals surface area contributed by atoms with Gasteiger partial charge in [-0.05, 0) is 47.7 Å². The Bertz CT molecular complexity index is 938. The second-order valence-corrected chi connectivity index (χ2v) is 5.25. The molecule has 2 aromatic carbocycles. The topological polar surface area (TPSA) is 76.0 Å². The Labute approximate surface area is 132 Å². The van der Waals surface area contributed by atoms with Gasteiger partial charge in [-0.25, -0.2) is 0 Å². The number of aromatic nitrogens is 1. The molecule has 0 spiro atoms. The molecule has 5 heteroatoms. The highest BCUT2D eigenvalue weighted by Crippen LogP contribution is 2.24. The van der Waals surface area contributed by atoms with Gasteiger partial charge >= 0.3 is 0 Å². The molecule has 5 nitrogen and oxygen atoms in total. The third kappa shape index (κ3) is 3.03. The fourth-order valence-electron chi connectivity index (χ4n) is 2.50. The van der Waals surface area contributed by atoms with E-state index in [1.54, 1.807) is 18.2 Å². The molecule has 1 N–H and O–H groups in total. The maximum absolute atomic E-state index is 12.0. The van der Waals surface area contributed by atoms with Gasteiger partial charge in [-0.3, -0.25) is 14.9 Å². The molecule has 114 valence electrons. The maximum atomic E-state index is 12.0. The van der Waals surface area contributed by atoms with Crippen molar-refractivity contribution in [3.8, 4) is 0 Å². The predicted octanol–water partition coefficient (Wildman–Crippen LogP) is 4.21. The molecular weight excluding hydrogens is 292 g/mol. The second-order valence-electron chi connectivity index (χ2n) is 5.25. The lowest BCUT2D eigenvalue weighted by Crippen LogP contribution is -1.96. The van der Waals surface area contributed by atoms with Crippen molar-refractivity contribution < 1.29 is 9.72 Å². The van der Waals surface area contributed by atoms with Crippen molar-refractivity contribution in [2.45, 2.75) is 6.92 Å². The van der Waals surface area contributed by atoms with Crippen molar-refractivity contribution in [2.24, 2.45) is 0 Å². The summed E-state index contributed by atoms with van der Waals surface area (Å²) in [6, 6.07) is 13.9. The second kappa shape index (κ2) is 5.88. The van der Waals surface area contributed by atoms with Crippen LogP contribution in [0.4, 0.5) is 5.69 Å². The molecule has 0 amide bonds. The number of ketones is 1. The Morgan fingerprint density at radius 1 is 1.17 bits per heavy atom. The number of fused-ring (bicyclic) bond motifs is 1. The van der Waals surface area contributed by atoms with E-state index in [0.29, 0.717) is 11.1 Å². The highest BCUT2D eigenvalue weighted by atomic mass is 16.6. The summed E-state index contributed by atoms with van der Waals surface area (Å²) < 4.78 is 0. The van der Waals surface area contributed by atoms with Crippen molar-refractivity contribution in [1.82, 2.24) is 4.98 Å². The summed E-state index contributed by atoms with van der Waals surface area (Å²) in [4.78, 5) is 25.6. The van der Waals surface area contributed by atoms with E-state index in [-0.39, 0.29) is 11.5 Å². The molecule has 1 heterocycles. The average molecular weight is 306 g/mol. The number of nitrogens with one attached hydrogen (secondary N) is 1. The lowest BCUT2D eigenvalue weighted by atomic mass is 9.98. The first-order valence-electron chi connectivity index (χ1n) is 7.09. The van der Waals surface area contributed by atoms with Gasteiger partial charge in [0.15, 0.2) is 5.78 Å². The molecular formula is C18H14N2O3. The molecule has 3 aromatic rings. The number of non-ortho nitro benzene ring substituents is 1. The fraction of sp³-hybridized carbons (Fsp3) is 0.0556. The Morgan fingerprint density at radius 3 is 2.74 bits per heavy atom. The van der Waals surface area contributed by atoms with Crippen LogP contribution in [0.15, 0.2) is 54.7 Å². The third-order valence-electron chi connectivity index (χ3n) is 3.64. The van der Waals surface area contributed by atoms with Crippen molar-refractivity contribution >= 4 is 34.0 Å². The van der Waals surface area contributed by atoms with E-state index >= 15 is 0 Å². The highest BCUT2D eigenvalue weighted by Gasteiger charge is 2.10. The number of H-pyrrole nitrogens is 1. The zero-order valence-corrected chi connectivity index (χ0v) is 12.4. The van der Waals surface area contributed by atoms with E-state index in [1.807, 2.05) is 30.5 Å². The van der Waals surface area contributed by atoms with Crippen LogP contribution in [0.5, 0.6) is 0 Å². The molecule has 0 unspecified atom stereocenters. The summed E-state index contributed by atoms with van der Waals surface area (Å²) in [7, 11) is 0. The molecule has 3 rings (SSSR count). The van der Waals surface area contributed by atoms with Crippen LogP contribution in [0, 0.1) is 10.1 Å². The third-order valence-corrected chi connectivity index (χ3v) is 3.64. The van der Waals surface area contributed by atoms with E-state index in [1.165, 1.54) is 19.1 Å². The van der Waals surface area contributed by atoms with Gasteiger partial charge in [0.05, 0.1) is 4.92 Å². The SMILES string of the molecule is CC(=O)/C(=C\c1cccc([N+](=O)[O-])c1)c1ccc2[nH]ccc2c1. The monoisotopic (exact) mass is 306 g/mol. The van der Waals surface area contributed by atoms with Crippen LogP contribution in [0.3, 0.4) is 0 Å². The zero-order chi connectivity index (χ0) is 16.4. The minimum Gasteiger partial charge on any atom is -0.361 e. The summed E-state index contributed by atoms with van der Waals surface area (Å²) in [6.07, 6.45) is 3.52. The van der Waals surface area contributed by atoms with Crippen LogP contribution < -0.4 is 0 Å². The number of carbonyl (C=O) groups is 1. The van der Waals surface area contributed by atoms with Crippen LogP contribution >= 0.6 is 0 Å². The van der Waals surface area contributed by atoms with Crippen molar-refractivity contribution in [2.75, 3.05) is 0 Å². The molecule has 23 heavy (non-hydrogen) atoms. The number of carbonyl (C=O) groups excluding carboxylic acids is 1. The molecule has 0 radical (unpaired) electrons. The number of nitro groups is 1. The van der Waals surface area contributed by atoms with Gasteiger partial charge in [-0.15, -0.1) is 0 Å². The van der Waals surface area contributed by atoms with Gasteiger partial charge in [0, 0.05) is 29.4 Å². The molecule has 0 aliphatic carbocycles. The quantitative estimate of drug-likeness (QED) is 0.339. The number of Topliss-reactive ketones (excluding diaryl/α,β-unsaturated/α-hetero) is 1. The Kier molecular flexibility index (Phi) is 3.76. The van der Waals surface area contributed by atoms with Crippen LogP contribution in [-0.4, -0.2) is 15.7 Å². The standard InChI is InChI=1S/C18H14N2O3/c1-12(21)17(10-13-3-2-4-16(9-13)20(22)23)14-5-6-18-15(11-14)7-8-19-18/h2-11,19H,1H3/b17-10+. The molecule has 0 saturated carbocycles. The molecule has 0 saturated heterocycles. The molecule has 0 aliphatic rings. The summed E-state index contributed by atoms with van der Waals surface area (Å²) in [5, 5.41) is 11.9. The van der Waals surface area contributed by atoms with Crippen molar-refractivity contribution in [3.05, 3.63) is 76.0 Å². The van der Waals surface area contributed by atoms with Gasteiger partial charge in [0.2, 0.25) is 0 Å². The van der Waals surface area contributed by atoms with Gasteiger partial charge < -0.3 is 4.98 Å². The van der Waals surface area contributed by atoms with Crippen molar-refractivity contribution in [3.63, 3.8) is 0 Å². The highest BCUT2D eigenvalue weighted by molar-refractivity contribution is 6.24. The smallest absolute Gasteiger partial charge is 0.270 e. The minimum atomic E-state index is -0.448. The molecule has 1 aromatic heterocycles. The number of nitro benzene ring substituents is 1. The summed E-state index contributed by atoms with van der Waals surface area (Å²) in [5.74, 6) is -0.0913. The van der Waals surface area contributed by atoms with Gasteiger partial charge in [-0.2, -0.15) is 0 Å². The summed E-state index contributed by atoms with van der Waals surface area (Å²) in [6.45, 7) is 1.49. The first-order chi connectivity index (χ1) is 11.0. The zero-order valence-electron chi connectivity index (χ0n) is 12.4. The first kappa shape index (κ1) is 14.7. The normalized spacial score (nSPS) is 11.6. The number of benzene rings is 2. The maximum Gasteiger partial charge on any atom is 0.270 e. The van der Waals surface area contributed by atoms with Crippen LogP contribution in [0.1, 0.15) is 18.1 Å². The minimum absolute atomic E-state index is 0.00254. The number of nitrogens with zero attached hydrogens (tertiary/aromatic N) is 1. The van der Waals surface area contributed by atoms with Gasteiger partial charge in [0.1, 0.15) is 0 Å². The molecule has 0 fully saturated rings. The Hall–Kier alpha value is -3.21. The van der Waals surface area contributed by atoms with E-state index in [9.17, 15) is 14.9 Å². The Morgan fingerprint density at radius 2 is 2.00 bits per heavy atom. The number of hydrogen-bond donors (Lipinski definition) is 1. The molecule has 0 atom stereocenters. The van der Waals surface area contributed by atoms with E-state index in [2.05, 4.69) is 4.98 Å². The lowest BCUT2D eigenvalue weighted by Gasteiger charge is -2.05. The van der Waals surface area contributed by atoms with Gasteiger partial charge in [0.25, 0.3) is 5.69 Å². The largest absolute Gasteiger partial charge is 0.361 e. The Balaban J connectivity index is 2.09. The predicted molar refractivity (Wildman–Crippen MR) is 89.9 cm³/mol. The van der Waals surface area contributed by atoms with Crippen LogP contribution in [0.25, 0.3) is 22.6 Å². The molecule has 0 bridgehead atoms. The van der Waals surface area contributed by atoms with E-state index < -0.39 is 4.92 Å². The fourth-order valence-corrected chi connectivity index (χ4v) is 2.50. The average Bonchev–Trinajstić information content (AvgIpc) is 3.00. The van der Waals surface area contributed by atoms with Crippen LogP contribution in [0.2, 0.25) is 0 Å². The summed E-state index contributed by atoms with van der Waals surface area (Å²) in [5.41, 5.74) is 2.93.